The molecule has 0 bridgehead atoms. The number of carbonyl (C=O) groups excluding carboxylic acids is 1. The molecular weight excluding hydrogens is 226 g/mol. The maximum absolute atomic E-state index is 11.7. The maximum atomic E-state index is 11.7. The van der Waals surface area contributed by atoms with Crippen LogP contribution in [-0.2, 0) is 9.53 Å². The van der Waals surface area contributed by atoms with Gasteiger partial charge in [-0.1, -0.05) is 46.5 Å². The molecule has 2 N–H and O–H groups in total. The van der Waals surface area contributed by atoms with E-state index < -0.39 is 5.60 Å². The number of methoxy groups -OCH3 is 1. The molecule has 0 aromatic rings. The van der Waals surface area contributed by atoms with Crippen LogP contribution in [0.15, 0.2) is 11.8 Å². The van der Waals surface area contributed by atoms with Crippen molar-refractivity contribution in [2.75, 3.05) is 7.11 Å². The summed E-state index contributed by atoms with van der Waals surface area (Å²) < 4.78 is 5.51. The van der Waals surface area contributed by atoms with Crippen molar-refractivity contribution in [3.63, 3.8) is 0 Å². The van der Waals surface area contributed by atoms with Crippen LogP contribution in [0, 0.1) is 5.92 Å². The first-order valence-electron chi connectivity index (χ1n) is 6.94. The smallest absolute Gasteiger partial charge is 0.160 e. The highest BCUT2D eigenvalue weighted by Crippen LogP contribution is 2.24. The zero-order chi connectivity index (χ0) is 14.2. The molecule has 1 unspecified atom stereocenters. The molecule has 3 nitrogen and oxygen atoms in total. The Hall–Kier alpha value is -0.830. The second-order valence-corrected chi connectivity index (χ2v) is 5.40. The average molecular weight is 255 g/mol. The van der Waals surface area contributed by atoms with E-state index in [1.807, 2.05) is 20.8 Å². The summed E-state index contributed by atoms with van der Waals surface area (Å²) in [6, 6.07) is 0. The number of carbonyl (C=O) groups is 1. The van der Waals surface area contributed by atoms with Crippen LogP contribution >= 0.6 is 0 Å². The summed E-state index contributed by atoms with van der Waals surface area (Å²) in [4.78, 5) is 11.7. The number of allylic oxidation sites excluding steroid dienone is 1. The maximum Gasteiger partial charge on any atom is 0.160 e. The predicted molar refractivity (Wildman–Crippen MR) is 76.3 cm³/mol. The van der Waals surface area contributed by atoms with Crippen LogP contribution in [0.2, 0.25) is 0 Å². The van der Waals surface area contributed by atoms with E-state index in [0.717, 1.165) is 12.8 Å². The number of hydrogen-bond acceptors (Lipinski definition) is 3. The molecule has 0 rings (SSSR count). The highest BCUT2D eigenvalue weighted by molar-refractivity contribution is 5.91. The van der Waals surface area contributed by atoms with Crippen LogP contribution in [0.4, 0.5) is 0 Å². The van der Waals surface area contributed by atoms with Gasteiger partial charge in [0.2, 0.25) is 0 Å². The van der Waals surface area contributed by atoms with E-state index in [1.165, 1.54) is 25.3 Å². The minimum Gasteiger partial charge on any atom is -0.400 e. The third kappa shape index (κ3) is 5.67. The number of nitrogens with two attached hydrogens (primary N) is 1. The molecule has 0 saturated carbocycles. The molecule has 0 saturated heterocycles. The molecule has 106 valence electrons. The fourth-order valence-electron chi connectivity index (χ4n) is 1.73. The highest BCUT2D eigenvalue weighted by Gasteiger charge is 2.27. The molecule has 3 heteroatoms. The van der Waals surface area contributed by atoms with Gasteiger partial charge in [0, 0.05) is 24.8 Å². The number of ketones is 1. The van der Waals surface area contributed by atoms with E-state index >= 15 is 0 Å². The van der Waals surface area contributed by atoms with Crippen LogP contribution in [0.1, 0.15) is 59.8 Å². The van der Waals surface area contributed by atoms with E-state index in [1.54, 1.807) is 7.11 Å². The van der Waals surface area contributed by atoms with Gasteiger partial charge in [-0.3, -0.25) is 4.79 Å². The fraction of sp³-hybridized carbons (Fsp3) is 0.800. The quantitative estimate of drug-likeness (QED) is 0.507. The van der Waals surface area contributed by atoms with Gasteiger partial charge < -0.3 is 10.5 Å². The van der Waals surface area contributed by atoms with Crippen LogP contribution in [-0.4, -0.2) is 18.5 Å². The van der Waals surface area contributed by atoms with Gasteiger partial charge in [-0.2, -0.15) is 0 Å². The van der Waals surface area contributed by atoms with E-state index in [2.05, 4.69) is 6.92 Å². The van der Waals surface area contributed by atoms with Gasteiger partial charge in [0.1, 0.15) is 5.60 Å². The highest BCUT2D eigenvalue weighted by atomic mass is 16.5. The van der Waals surface area contributed by atoms with Crippen LogP contribution in [0.5, 0.6) is 0 Å². The van der Waals surface area contributed by atoms with Crippen molar-refractivity contribution in [2.24, 2.45) is 11.7 Å². The Kier molecular flexibility index (Phi) is 7.92. The lowest BCUT2D eigenvalue weighted by Gasteiger charge is -2.29. The molecule has 0 aliphatic heterocycles. The fourth-order valence-corrected chi connectivity index (χ4v) is 1.73. The average Bonchev–Trinajstić information content (AvgIpc) is 2.34. The second kappa shape index (κ2) is 8.30. The van der Waals surface area contributed by atoms with E-state index in [0.29, 0.717) is 5.70 Å². The van der Waals surface area contributed by atoms with Crippen LogP contribution in [0.25, 0.3) is 0 Å². The number of unbranched alkanes of at least 4 members (excludes halogenated alkanes) is 3. The Labute approximate surface area is 112 Å². The van der Waals surface area contributed by atoms with Gasteiger partial charge in [0.05, 0.1) is 0 Å². The molecule has 0 heterocycles. The minimum atomic E-state index is -0.516. The lowest BCUT2D eigenvalue weighted by atomic mass is 9.92. The number of ether oxygens (including phenoxy) is 1. The van der Waals surface area contributed by atoms with Crippen molar-refractivity contribution < 1.29 is 9.53 Å². The molecule has 0 spiro atoms. The first kappa shape index (κ1) is 17.2. The Morgan fingerprint density at radius 3 is 2.39 bits per heavy atom. The summed E-state index contributed by atoms with van der Waals surface area (Å²) in [5, 5.41) is 0. The predicted octanol–water partition coefficient (Wildman–Crippen LogP) is 3.43. The first-order chi connectivity index (χ1) is 8.37. The molecule has 1 atom stereocenters. The van der Waals surface area contributed by atoms with Crippen molar-refractivity contribution >= 4 is 5.78 Å². The largest absolute Gasteiger partial charge is 0.400 e. The molecule has 18 heavy (non-hydrogen) atoms. The van der Waals surface area contributed by atoms with Crippen molar-refractivity contribution in [1.29, 1.82) is 0 Å². The summed E-state index contributed by atoms with van der Waals surface area (Å²) in [6.45, 7) is 7.89. The number of hydrogen-bond donors (Lipinski definition) is 1. The zero-order valence-corrected chi connectivity index (χ0v) is 12.6. The van der Waals surface area contributed by atoms with Crippen molar-refractivity contribution in [2.45, 2.75) is 65.4 Å². The summed E-state index contributed by atoms with van der Waals surface area (Å²) in [7, 11) is 1.65. The Morgan fingerprint density at radius 2 is 1.94 bits per heavy atom. The minimum absolute atomic E-state index is 0.0234. The molecule has 0 aliphatic rings. The molecule has 0 aromatic carbocycles. The molecule has 0 aromatic heterocycles. The van der Waals surface area contributed by atoms with Gasteiger partial charge in [-0.25, -0.2) is 0 Å². The third-order valence-electron chi connectivity index (χ3n) is 3.44. The summed E-state index contributed by atoms with van der Waals surface area (Å²) in [5.74, 6) is 0.0362. The number of rotatable bonds is 9. The van der Waals surface area contributed by atoms with Gasteiger partial charge in [0.25, 0.3) is 0 Å². The van der Waals surface area contributed by atoms with E-state index in [-0.39, 0.29) is 11.7 Å². The zero-order valence-electron chi connectivity index (χ0n) is 12.6. The van der Waals surface area contributed by atoms with Crippen molar-refractivity contribution in [3.8, 4) is 0 Å². The van der Waals surface area contributed by atoms with E-state index in [9.17, 15) is 4.79 Å². The molecule has 0 amide bonds. The van der Waals surface area contributed by atoms with Gasteiger partial charge >= 0.3 is 0 Å². The molecule has 0 aliphatic carbocycles. The molecule has 0 radical (unpaired) electrons. The van der Waals surface area contributed by atoms with Crippen molar-refractivity contribution in [3.05, 3.63) is 11.8 Å². The van der Waals surface area contributed by atoms with Crippen LogP contribution in [0.3, 0.4) is 0 Å². The SMILES string of the molecule is CCCCCCC(C)(OC)/C(N)=C/C(=O)C(C)C. The lowest BCUT2D eigenvalue weighted by molar-refractivity contribution is -0.117. The summed E-state index contributed by atoms with van der Waals surface area (Å²) in [5.41, 5.74) is 6.06. The summed E-state index contributed by atoms with van der Waals surface area (Å²) >= 11 is 0. The molecular formula is C15H29NO2. The van der Waals surface area contributed by atoms with Crippen LogP contribution < -0.4 is 5.73 Å². The standard InChI is InChI=1S/C15H29NO2/c1-6-7-8-9-10-15(4,18-5)14(16)11-13(17)12(2)3/h11-12H,6-10,16H2,1-5H3/b14-11-. The Morgan fingerprint density at radius 1 is 1.33 bits per heavy atom. The Bertz CT molecular complexity index is 284. The van der Waals surface area contributed by atoms with Gasteiger partial charge in [-0.05, 0) is 13.3 Å². The molecule has 0 fully saturated rings. The van der Waals surface area contributed by atoms with E-state index in [4.69, 9.17) is 10.5 Å². The lowest BCUT2D eigenvalue weighted by Crippen LogP contribution is -2.35. The Balaban J connectivity index is 4.56. The second-order valence-electron chi connectivity index (χ2n) is 5.40. The first-order valence-corrected chi connectivity index (χ1v) is 6.94. The topological polar surface area (TPSA) is 52.3 Å². The van der Waals surface area contributed by atoms with Gasteiger partial charge in [0.15, 0.2) is 5.78 Å². The normalized spacial score (nSPS) is 15.8. The van der Waals surface area contributed by atoms with Crippen molar-refractivity contribution in [1.82, 2.24) is 0 Å². The van der Waals surface area contributed by atoms with Gasteiger partial charge in [-0.15, -0.1) is 0 Å². The third-order valence-corrected chi connectivity index (χ3v) is 3.44. The summed E-state index contributed by atoms with van der Waals surface area (Å²) in [6.07, 6.45) is 7.09. The monoisotopic (exact) mass is 255 g/mol.